The summed E-state index contributed by atoms with van der Waals surface area (Å²) in [6.07, 6.45) is 1.54. The molecule has 2 N–H and O–H groups in total. The van der Waals surface area contributed by atoms with E-state index < -0.39 is 18.1 Å². The summed E-state index contributed by atoms with van der Waals surface area (Å²) >= 11 is 0. The monoisotopic (exact) mass is 254 g/mol. The van der Waals surface area contributed by atoms with Gasteiger partial charge in [0.15, 0.2) is 0 Å². The summed E-state index contributed by atoms with van der Waals surface area (Å²) in [4.78, 5) is 22.9. The van der Waals surface area contributed by atoms with Gasteiger partial charge in [0, 0.05) is 0 Å². The molecule has 0 saturated heterocycles. The summed E-state index contributed by atoms with van der Waals surface area (Å²) in [7, 11) is 1.31. The van der Waals surface area contributed by atoms with E-state index >= 15 is 0 Å². The molecule has 0 aromatic carbocycles. The van der Waals surface area contributed by atoms with Gasteiger partial charge >= 0.3 is 5.97 Å². The van der Waals surface area contributed by atoms with Crippen LogP contribution in [0.4, 0.5) is 0 Å². The van der Waals surface area contributed by atoms with Gasteiger partial charge in [-0.3, -0.25) is 14.9 Å². The Labute approximate surface area is 106 Å². The van der Waals surface area contributed by atoms with Crippen LogP contribution in [0.2, 0.25) is 0 Å². The molecule has 6 heteroatoms. The molecule has 1 aromatic heterocycles. The van der Waals surface area contributed by atoms with E-state index in [0.717, 1.165) is 0 Å². The Kier molecular flexibility index (Phi) is 5.38. The van der Waals surface area contributed by atoms with E-state index in [2.05, 4.69) is 15.4 Å². The minimum Gasteiger partial charge on any atom is -0.468 e. The average molecular weight is 254 g/mol. The van der Waals surface area contributed by atoms with E-state index in [-0.39, 0.29) is 5.91 Å². The minimum atomic E-state index is -0.528. The molecule has 1 amide bonds. The molecule has 0 bridgehead atoms. The Balaban J connectivity index is 2.34. The fourth-order valence-electron chi connectivity index (χ4n) is 1.44. The second-order valence-electron chi connectivity index (χ2n) is 3.93. The van der Waals surface area contributed by atoms with Crippen LogP contribution in [0.3, 0.4) is 0 Å². The molecule has 18 heavy (non-hydrogen) atoms. The highest BCUT2D eigenvalue weighted by molar-refractivity contribution is 5.82. The van der Waals surface area contributed by atoms with E-state index in [4.69, 9.17) is 4.42 Å². The maximum atomic E-state index is 11.7. The van der Waals surface area contributed by atoms with Crippen LogP contribution in [-0.4, -0.2) is 31.1 Å². The van der Waals surface area contributed by atoms with E-state index in [1.54, 1.807) is 32.2 Å². The van der Waals surface area contributed by atoms with Crippen molar-refractivity contribution < 1.29 is 18.7 Å². The molecule has 0 radical (unpaired) electrons. The molecular formula is C12H18N2O4. The molecule has 0 spiro atoms. The van der Waals surface area contributed by atoms with Gasteiger partial charge in [-0.1, -0.05) is 0 Å². The number of carbonyl (C=O) groups is 2. The van der Waals surface area contributed by atoms with Gasteiger partial charge in [-0.2, -0.15) is 0 Å². The van der Waals surface area contributed by atoms with Crippen LogP contribution in [0.5, 0.6) is 0 Å². The minimum absolute atomic E-state index is 0.206. The SMILES string of the molecule is COC(=O)C(C)NC(C)C(=O)NCc1ccco1. The van der Waals surface area contributed by atoms with Crippen molar-refractivity contribution >= 4 is 11.9 Å². The van der Waals surface area contributed by atoms with Gasteiger partial charge < -0.3 is 14.5 Å². The van der Waals surface area contributed by atoms with Crippen molar-refractivity contribution in [3.63, 3.8) is 0 Å². The number of furan rings is 1. The molecular weight excluding hydrogens is 236 g/mol. The van der Waals surface area contributed by atoms with Gasteiger partial charge in [0.25, 0.3) is 0 Å². The standard InChI is InChI=1S/C12H18N2O4/c1-8(14-9(2)12(16)17-3)11(15)13-7-10-5-4-6-18-10/h4-6,8-9,14H,7H2,1-3H3,(H,13,15). The van der Waals surface area contributed by atoms with Crippen LogP contribution in [0, 0.1) is 0 Å². The van der Waals surface area contributed by atoms with E-state index in [1.807, 2.05) is 0 Å². The number of hydrogen-bond donors (Lipinski definition) is 2. The number of methoxy groups -OCH3 is 1. The number of ether oxygens (including phenoxy) is 1. The number of carbonyl (C=O) groups excluding carboxylic acids is 2. The Morgan fingerprint density at radius 2 is 2.11 bits per heavy atom. The fourth-order valence-corrected chi connectivity index (χ4v) is 1.44. The van der Waals surface area contributed by atoms with Crippen LogP contribution >= 0.6 is 0 Å². The molecule has 0 aliphatic heterocycles. The van der Waals surface area contributed by atoms with Crippen LogP contribution in [0.15, 0.2) is 22.8 Å². The number of esters is 1. The highest BCUT2D eigenvalue weighted by atomic mass is 16.5. The van der Waals surface area contributed by atoms with Gasteiger partial charge in [-0.05, 0) is 26.0 Å². The molecule has 2 unspecified atom stereocenters. The first-order valence-electron chi connectivity index (χ1n) is 5.68. The Hall–Kier alpha value is -1.82. The van der Waals surface area contributed by atoms with Crippen molar-refractivity contribution in [1.82, 2.24) is 10.6 Å². The first-order valence-corrected chi connectivity index (χ1v) is 5.68. The molecule has 0 saturated carbocycles. The molecule has 1 aromatic rings. The summed E-state index contributed by atoms with van der Waals surface area (Å²) in [5.41, 5.74) is 0. The van der Waals surface area contributed by atoms with Gasteiger partial charge in [-0.15, -0.1) is 0 Å². The smallest absolute Gasteiger partial charge is 0.322 e. The number of hydrogen-bond acceptors (Lipinski definition) is 5. The van der Waals surface area contributed by atoms with Gasteiger partial charge in [-0.25, -0.2) is 0 Å². The highest BCUT2D eigenvalue weighted by Gasteiger charge is 2.19. The maximum absolute atomic E-state index is 11.7. The second kappa shape index (κ2) is 6.80. The first kappa shape index (κ1) is 14.2. The summed E-state index contributed by atoms with van der Waals surface area (Å²) in [5, 5.41) is 5.54. The van der Waals surface area contributed by atoms with Gasteiger partial charge in [0.2, 0.25) is 5.91 Å². The average Bonchev–Trinajstić information content (AvgIpc) is 2.87. The van der Waals surface area contributed by atoms with Crippen molar-refractivity contribution in [3.05, 3.63) is 24.2 Å². The van der Waals surface area contributed by atoms with E-state index in [1.165, 1.54) is 7.11 Å². The molecule has 2 atom stereocenters. The largest absolute Gasteiger partial charge is 0.468 e. The molecule has 0 aliphatic carbocycles. The predicted molar refractivity (Wildman–Crippen MR) is 64.6 cm³/mol. The topological polar surface area (TPSA) is 80.6 Å². The molecule has 0 fully saturated rings. The highest BCUT2D eigenvalue weighted by Crippen LogP contribution is 1.99. The van der Waals surface area contributed by atoms with Gasteiger partial charge in [0.1, 0.15) is 11.8 Å². The van der Waals surface area contributed by atoms with Crippen molar-refractivity contribution in [1.29, 1.82) is 0 Å². The maximum Gasteiger partial charge on any atom is 0.322 e. The zero-order valence-electron chi connectivity index (χ0n) is 10.7. The van der Waals surface area contributed by atoms with Crippen molar-refractivity contribution in [2.24, 2.45) is 0 Å². The quantitative estimate of drug-likeness (QED) is 0.720. The Morgan fingerprint density at radius 3 is 2.67 bits per heavy atom. The second-order valence-corrected chi connectivity index (χ2v) is 3.93. The normalized spacial score (nSPS) is 13.7. The van der Waals surface area contributed by atoms with E-state index in [0.29, 0.717) is 12.3 Å². The number of amides is 1. The Morgan fingerprint density at radius 1 is 1.39 bits per heavy atom. The van der Waals surface area contributed by atoms with Crippen LogP contribution < -0.4 is 10.6 Å². The van der Waals surface area contributed by atoms with Crippen molar-refractivity contribution in [3.8, 4) is 0 Å². The predicted octanol–water partition coefficient (Wildman–Crippen LogP) is 0.435. The zero-order valence-corrected chi connectivity index (χ0v) is 10.7. The summed E-state index contributed by atoms with van der Waals surface area (Å²) in [6, 6.07) is 2.51. The van der Waals surface area contributed by atoms with Crippen LogP contribution in [-0.2, 0) is 20.9 Å². The molecule has 6 nitrogen and oxygen atoms in total. The molecule has 0 aliphatic rings. The lowest BCUT2D eigenvalue weighted by Gasteiger charge is -2.17. The third-order valence-electron chi connectivity index (χ3n) is 2.46. The lowest BCUT2D eigenvalue weighted by atomic mass is 10.2. The summed E-state index contributed by atoms with van der Waals surface area (Å²) < 4.78 is 9.65. The van der Waals surface area contributed by atoms with E-state index in [9.17, 15) is 9.59 Å². The van der Waals surface area contributed by atoms with Gasteiger partial charge in [0.05, 0.1) is 26.0 Å². The lowest BCUT2D eigenvalue weighted by Crippen LogP contribution is -2.48. The molecule has 1 heterocycles. The summed E-state index contributed by atoms with van der Waals surface area (Å²) in [6.45, 7) is 3.64. The lowest BCUT2D eigenvalue weighted by molar-refractivity contribution is -0.143. The summed E-state index contributed by atoms with van der Waals surface area (Å²) in [5.74, 6) is 0.0689. The fraction of sp³-hybridized carbons (Fsp3) is 0.500. The first-order chi connectivity index (χ1) is 8.54. The van der Waals surface area contributed by atoms with Crippen molar-refractivity contribution in [2.75, 3.05) is 7.11 Å². The van der Waals surface area contributed by atoms with Crippen LogP contribution in [0.1, 0.15) is 19.6 Å². The van der Waals surface area contributed by atoms with Crippen LogP contribution in [0.25, 0.3) is 0 Å². The third-order valence-corrected chi connectivity index (χ3v) is 2.46. The number of rotatable bonds is 6. The number of nitrogens with one attached hydrogen (secondary N) is 2. The zero-order chi connectivity index (χ0) is 13.5. The molecule has 1 rings (SSSR count). The Bertz CT molecular complexity index is 389. The molecule has 100 valence electrons. The van der Waals surface area contributed by atoms with Crippen molar-refractivity contribution in [2.45, 2.75) is 32.5 Å². The third kappa shape index (κ3) is 4.21.